The minimum atomic E-state index is -0.832. The second kappa shape index (κ2) is 10.6. The third-order valence-electron chi connectivity index (χ3n) is 6.69. The van der Waals surface area contributed by atoms with Crippen LogP contribution < -0.4 is 14.2 Å². The van der Waals surface area contributed by atoms with Crippen LogP contribution in [0.5, 0.6) is 17.2 Å². The van der Waals surface area contributed by atoms with Crippen LogP contribution in [-0.2, 0) is 22.6 Å². The van der Waals surface area contributed by atoms with E-state index in [2.05, 4.69) is 4.98 Å². The normalized spacial score (nSPS) is 19.8. The maximum atomic E-state index is 13.5. The van der Waals surface area contributed by atoms with Crippen LogP contribution in [0, 0.1) is 0 Å². The first-order valence-electron chi connectivity index (χ1n) is 12.8. The predicted molar refractivity (Wildman–Crippen MR) is 141 cm³/mol. The third kappa shape index (κ3) is 4.69. The molecular weight excluding hydrogens is 484 g/mol. The van der Waals surface area contributed by atoms with Crippen molar-refractivity contribution >= 4 is 17.4 Å². The fourth-order valence-corrected chi connectivity index (χ4v) is 5.04. The van der Waals surface area contributed by atoms with Gasteiger partial charge >= 0.3 is 0 Å². The molecule has 38 heavy (non-hydrogen) atoms. The summed E-state index contributed by atoms with van der Waals surface area (Å²) < 4.78 is 17.3. The fourth-order valence-electron chi connectivity index (χ4n) is 5.04. The highest BCUT2D eigenvalue weighted by atomic mass is 16.5. The second-order valence-corrected chi connectivity index (χ2v) is 9.31. The Morgan fingerprint density at radius 2 is 1.76 bits per heavy atom. The number of carbonyl (C=O) groups is 2. The van der Waals surface area contributed by atoms with E-state index in [-0.39, 0.29) is 24.0 Å². The topological polar surface area (TPSA) is 98.2 Å². The number of pyridine rings is 1. The Morgan fingerprint density at radius 3 is 2.50 bits per heavy atom. The van der Waals surface area contributed by atoms with Gasteiger partial charge in [0.25, 0.3) is 11.7 Å². The van der Waals surface area contributed by atoms with Gasteiger partial charge in [-0.15, -0.1) is 0 Å². The number of rotatable bonds is 8. The van der Waals surface area contributed by atoms with Crippen molar-refractivity contribution < 1.29 is 28.9 Å². The lowest BCUT2D eigenvalue weighted by molar-refractivity contribution is -0.140. The summed E-state index contributed by atoms with van der Waals surface area (Å²) in [7, 11) is 0. The highest BCUT2D eigenvalue weighted by Gasteiger charge is 2.46. The summed E-state index contributed by atoms with van der Waals surface area (Å²) in [6, 6.07) is 13.4. The van der Waals surface area contributed by atoms with Crippen molar-refractivity contribution in [2.75, 3.05) is 13.2 Å². The Hall–Kier alpha value is -4.33. The smallest absolute Gasteiger partial charge is 0.295 e. The predicted octanol–water partition coefficient (Wildman–Crippen LogP) is 4.82. The highest BCUT2D eigenvalue weighted by Crippen LogP contribution is 2.43. The zero-order valence-electron chi connectivity index (χ0n) is 21.6. The molecule has 0 radical (unpaired) electrons. The van der Waals surface area contributed by atoms with E-state index < -0.39 is 17.7 Å². The summed E-state index contributed by atoms with van der Waals surface area (Å²) in [6.07, 6.45) is 4.01. The fraction of sp³-hybridized carbons (Fsp3) is 0.300. The molecule has 1 fully saturated rings. The van der Waals surface area contributed by atoms with Gasteiger partial charge in [-0.25, -0.2) is 0 Å². The molecule has 0 saturated carbocycles. The summed E-state index contributed by atoms with van der Waals surface area (Å²) in [5, 5.41) is 11.5. The molecule has 1 saturated heterocycles. The van der Waals surface area contributed by atoms with E-state index >= 15 is 0 Å². The van der Waals surface area contributed by atoms with Gasteiger partial charge in [-0.05, 0) is 79.9 Å². The lowest BCUT2D eigenvalue weighted by Crippen LogP contribution is -2.29. The van der Waals surface area contributed by atoms with Gasteiger partial charge in [-0.1, -0.05) is 6.07 Å². The summed E-state index contributed by atoms with van der Waals surface area (Å²) in [4.78, 5) is 32.4. The van der Waals surface area contributed by atoms with Gasteiger partial charge in [0.15, 0.2) is 11.5 Å². The minimum Gasteiger partial charge on any atom is -0.507 e. The van der Waals surface area contributed by atoms with Gasteiger partial charge in [0, 0.05) is 30.9 Å². The summed E-state index contributed by atoms with van der Waals surface area (Å²) in [6.45, 7) is 6.77. The molecular formula is C30H30N2O6. The number of ketones is 1. The molecule has 0 spiro atoms. The Balaban J connectivity index is 1.65. The number of nitrogens with zero attached hydrogens (tertiary/aromatic N) is 2. The molecule has 1 aromatic heterocycles. The van der Waals surface area contributed by atoms with Crippen molar-refractivity contribution in [1.29, 1.82) is 0 Å². The standard InChI is InChI=1S/C30H30N2O6/c1-4-36-24-9-6-20(16-25(24)37-5-2)27-26(28(33)21-7-8-23-22(15-21)14-18(3)38-23)29(34)30(35)32(27)17-19-10-12-31-13-11-19/h6-13,15-16,18,27,33H,4-5,14,17H2,1-3H3/t18-,27+/m0/s1. The molecule has 0 bridgehead atoms. The lowest BCUT2D eigenvalue weighted by Gasteiger charge is -2.26. The summed E-state index contributed by atoms with van der Waals surface area (Å²) in [5.74, 6) is 0.190. The van der Waals surface area contributed by atoms with Gasteiger partial charge in [0.1, 0.15) is 17.6 Å². The number of carbonyl (C=O) groups excluding carboxylic acids is 2. The SMILES string of the molecule is CCOc1ccc([C@@H]2C(=C(O)c3ccc4c(c3)C[C@H](C)O4)C(=O)C(=O)N2Cc2ccncc2)cc1OCC. The van der Waals surface area contributed by atoms with E-state index in [4.69, 9.17) is 14.2 Å². The molecule has 0 unspecified atom stereocenters. The number of benzene rings is 2. The minimum absolute atomic E-state index is 0.0302. The van der Waals surface area contributed by atoms with Crippen LogP contribution in [0.2, 0.25) is 0 Å². The number of ether oxygens (including phenoxy) is 3. The van der Waals surface area contributed by atoms with Crippen LogP contribution in [-0.4, -0.2) is 46.0 Å². The average molecular weight is 515 g/mol. The Morgan fingerprint density at radius 1 is 1.03 bits per heavy atom. The summed E-state index contributed by atoms with van der Waals surface area (Å²) in [5.41, 5.74) is 2.88. The summed E-state index contributed by atoms with van der Waals surface area (Å²) >= 11 is 0. The van der Waals surface area contributed by atoms with Crippen molar-refractivity contribution in [3.8, 4) is 17.2 Å². The molecule has 2 aliphatic heterocycles. The van der Waals surface area contributed by atoms with Crippen molar-refractivity contribution in [3.05, 3.63) is 88.8 Å². The molecule has 1 N–H and O–H groups in total. The monoisotopic (exact) mass is 514 g/mol. The Bertz CT molecular complexity index is 1400. The molecule has 8 nitrogen and oxygen atoms in total. The number of hydrogen-bond acceptors (Lipinski definition) is 7. The first-order valence-corrected chi connectivity index (χ1v) is 12.8. The van der Waals surface area contributed by atoms with Gasteiger partial charge in [0.2, 0.25) is 0 Å². The molecule has 5 rings (SSSR count). The first kappa shape index (κ1) is 25.3. The van der Waals surface area contributed by atoms with Crippen molar-refractivity contribution in [2.24, 2.45) is 0 Å². The molecule has 2 aromatic carbocycles. The van der Waals surface area contributed by atoms with Crippen LogP contribution in [0.4, 0.5) is 0 Å². The van der Waals surface area contributed by atoms with Gasteiger partial charge in [0.05, 0.1) is 24.8 Å². The quantitative estimate of drug-likeness (QED) is 0.261. The molecule has 0 aliphatic carbocycles. The molecule has 3 aromatic rings. The van der Waals surface area contributed by atoms with E-state index in [1.165, 1.54) is 4.90 Å². The maximum Gasteiger partial charge on any atom is 0.295 e. The molecule has 2 atom stereocenters. The Labute approximate surface area is 221 Å². The zero-order valence-corrected chi connectivity index (χ0v) is 21.6. The number of amides is 1. The zero-order chi connectivity index (χ0) is 26.8. The number of hydrogen-bond donors (Lipinski definition) is 1. The molecule has 8 heteroatoms. The van der Waals surface area contributed by atoms with Gasteiger partial charge in [-0.3, -0.25) is 14.6 Å². The average Bonchev–Trinajstić information content (AvgIpc) is 3.41. The largest absolute Gasteiger partial charge is 0.507 e. The van der Waals surface area contributed by atoms with Crippen LogP contribution in [0.1, 0.15) is 49.1 Å². The number of aromatic nitrogens is 1. The van der Waals surface area contributed by atoms with Crippen LogP contribution in [0.3, 0.4) is 0 Å². The number of fused-ring (bicyclic) bond motifs is 1. The number of Topliss-reactive ketones (excluding diaryl/α,β-unsaturated/α-hetero) is 1. The second-order valence-electron chi connectivity index (χ2n) is 9.31. The van der Waals surface area contributed by atoms with E-state index in [0.29, 0.717) is 42.3 Å². The van der Waals surface area contributed by atoms with Crippen LogP contribution >= 0.6 is 0 Å². The first-order chi connectivity index (χ1) is 18.4. The molecule has 1 amide bonds. The van der Waals surface area contributed by atoms with E-state index in [0.717, 1.165) is 16.9 Å². The van der Waals surface area contributed by atoms with E-state index in [9.17, 15) is 14.7 Å². The van der Waals surface area contributed by atoms with Crippen molar-refractivity contribution in [1.82, 2.24) is 9.88 Å². The van der Waals surface area contributed by atoms with Crippen molar-refractivity contribution in [2.45, 2.75) is 45.9 Å². The molecule has 3 heterocycles. The highest BCUT2D eigenvalue weighted by molar-refractivity contribution is 6.46. The van der Waals surface area contributed by atoms with E-state index in [1.54, 1.807) is 54.9 Å². The molecule has 196 valence electrons. The van der Waals surface area contributed by atoms with Gasteiger partial charge < -0.3 is 24.2 Å². The lowest BCUT2D eigenvalue weighted by atomic mass is 9.94. The third-order valence-corrected chi connectivity index (χ3v) is 6.69. The number of aliphatic hydroxyl groups excluding tert-OH is 1. The van der Waals surface area contributed by atoms with Gasteiger partial charge in [-0.2, -0.15) is 0 Å². The maximum absolute atomic E-state index is 13.5. The van der Waals surface area contributed by atoms with E-state index in [1.807, 2.05) is 26.8 Å². The Kier molecular flexibility index (Phi) is 7.05. The number of likely N-dealkylation sites (tertiary alicyclic amines) is 1. The van der Waals surface area contributed by atoms with Crippen LogP contribution in [0.25, 0.3) is 5.76 Å². The number of aliphatic hydroxyl groups is 1. The molecule has 2 aliphatic rings. The van der Waals surface area contributed by atoms with Crippen molar-refractivity contribution in [3.63, 3.8) is 0 Å². The van der Waals surface area contributed by atoms with Crippen LogP contribution in [0.15, 0.2) is 66.5 Å².